The first-order valence-corrected chi connectivity index (χ1v) is 7.00. The number of urea groups is 1. The van der Waals surface area contributed by atoms with E-state index in [0.717, 1.165) is 4.90 Å². The molecule has 2 N–H and O–H groups in total. The Morgan fingerprint density at radius 2 is 1.95 bits per heavy atom. The van der Waals surface area contributed by atoms with E-state index < -0.39 is 18.0 Å². The largest absolute Gasteiger partial charge is 0.497 e. The van der Waals surface area contributed by atoms with Crippen LogP contribution in [0.2, 0.25) is 0 Å². The normalized spacial score (nSPS) is 17.5. The van der Waals surface area contributed by atoms with Gasteiger partial charge >= 0.3 is 12.0 Å². The molecule has 0 saturated carbocycles. The number of carbonyl (C=O) groups excluding carboxylic acids is 2. The quantitative estimate of drug-likeness (QED) is 0.588. The maximum absolute atomic E-state index is 12.3. The Bertz CT molecular complexity index is 570. The van der Waals surface area contributed by atoms with Crippen LogP contribution in [0.3, 0.4) is 0 Å². The number of carbonyl (C=O) groups is 3. The zero-order chi connectivity index (χ0) is 16.1. The Kier molecular flexibility index (Phi) is 4.98. The number of imide groups is 1. The Morgan fingerprint density at radius 3 is 2.55 bits per heavy atom. The third kappa shape index (κ3) is 3.55. The van der Waals surface area contributed by atoms with Gasteiger partial charge in [-0.05, 0) is 30.5 Å². The van der Waals surface area contributed by atoms with E-state index in [9.17, 15) is 14.4 Å². The van der Waals surface area contributed by atoms with Crippen molar-refractivity contribution >= 4 is 17.9 Å². The maximum Gasteiger partial charge on any atom is 0.325 e. The maximum atomic E-state index is 12.3. The predicted octanol–water partition coefficient (Wildman–Crippen LogP) is 1.54. The third-order valence-corrected chi connectivity index (χ3v) is 3.50. The van der Waals surface area contributed by atoms with Gasteiger partial charge in [0.25, 0.3) is 5.91 Å². The first-order chi connectivity index (χ1) is 10.5. The van der Waals surface area contributed by atoms with Gasteiger partial charge in [0.15, 0.2) is 0 Å². The second kappa shape index (κ2) is 6.93. The molecule has 0 radical (unpaired) electrons. The fourth-order valence-corrected chi connectivity index (χ4v) is 2.30. The van der Waals surface area contributed by atoms with Crippen LogP contribution in [0.15, 0.2) is 24.3 Å². The third-order valence-electron chi connectivity index (χ3n) is 3.50. The minimum Gasteiger partial charge on any atom is -0.497 e. The topological polar surface area (TPSA) is 95.9 Å². The molecule has 1 unspecified atom stereocenters. The highest BCUT2D eigenvalue weighted by molar-refractivity contribution is 6.04. The van der Waals surface area contributed by atoms with Gasteiger partial charge in [-0.25, -0.2) is 4.79 Å². The smallest absolute Gasteiger partial charge is 0.325 e. The molecule has 7 nitrogen and oxygen atoms in total. The molecular formula is C15H18N2O5. The van der Waals surface area contributed by atoms with Gasteiger partial charge in [0, 0.05) is 13.0 Å². The van der Waals surface area contributed by atoms with E-state index in [2.05, 4.69) is 5.32 Å². The number of nitrogens with one attached hydrogen (secondary N) is 1. The van der Waals surface area contributed by atoms with E-state index in [1.54, 1.807) is 31.4 Å². The van der Waals surface area contributed by atoms with Crippen molar-refractivity contribution in [2.45, 2.75) is 25.3 Å². The number of nitrogens with zero attached hydrogens (tertiary/aromatic N) is 1. The van der Waals surface area contributed by atoms with Gasteiger partial charge < -0.3 is 15.2 Å². The highest BCUT2D eigenvalue weighted by atomic mass is 16.5. The lowest BCUT2D eigenvalue weighted by atomic mass is 10.1. The lowest BCUT2D eigenvalue weighted by Gasteiger charge is -2.12. The summed E-state index contributed by atoms with van der Waals surface area (Å²) < 4.78 is 5.06. The molecule has 1 atom stereocenters. The minimum atomic E-state index is -0.881. The number of carboxylic acids is 1. The Hall–Kier alpha value is -2.57. The minimum absolute atomic E-state index is 0.0333. The van der Waals surface area contributed by atoms with E-state index in [1.807, 2.05) is 0 Å². The van der Waals surface area contributed by atoms with E-state index in [4.69, 9.17) is 9.84 Å². The highest BCUT2D eigenvalue weighted by Gasteiger charge is 2.38. The summed E-state index contributed by atoms with van der Waals surface area (Å²) in [5.41, 5.74) is 0.687. The SMILES string of the molecule is COc1ccc(C2NC(=O)N(CCCCC(=O)O)C2=O)cc1. The first-order valence-electron chi connectivity index (χ1n) is 7.00. The second-order valence-electron chi connectivity index (χ2n) is 5.00. The van der Waals surface area contributed by atoms with Gasteiger partial charge in [-0.15, -0.1) is 0 Å². The summed E-state index contributed by atoms with van der Waals surface area (Å²) in [6.07, 6.45) is 0.936. The first kappa shape index (κ1) is 15.8. The van der Waals surface area contributed by atoms with Crippen molar-refractivity contribution in [2.24, 2.45) is 0 Å². The molecule has 1 saturated heterocycles. The van der Waals surface area contributed by atoms with Crippen LogP contribution < -0.4 is 10.1 Å². The highest BCUT2D eigenvalue weighted by Crippen LogP contribution is 2.24. The zero-order valence-electron chi connectivity index (χ0n) is 12.2. The number of ether oxygens (including phenoxy) is 1. The van der Waals surface area contributed by atoms with Crippen molar-refractivity contribution < 1.29 is 24.2 Å². The van der Waals surface area contributed by atoms with E-state index in [-0.39, 0.29) is 18.9 Å². The van der Waals surface area contributed by atoms with Crippen LogP contribution in [-0.2, 0) is 9.59 Å². The number of rotatable bonds is 7. The van der Waals surface area contributed by atoms with Crippen LogP contribution in [0.5, 0.6) is 5.75 Å². The zero-order valence-corrected chi connectivity index (χ0v) is 12.2. The molecule has 118 valence electrons. The Morgan fingerprint density at radius 1 is 1.27 bits per heavy atom. The Labute approximate surface area is 127 Å². The van der Waals surface area contributed by atoms with Crippen molar-refractivity contribution in [3.05, 3.63) is 29.8 Å². The monoisotopic (exact) mass is 306 g/mol. The molecule has 1 aliphatic rings. The summed E-state index contributed by atoms with van der Waals surface area (Å²) in [5.74, 6) is -0.523. The lowest BCUT2D eigenvalue weighted by Crippen LogP contribution is -2.31. The van der Waals surface area contributed by atoms with Crippen molar-refractivity contribution in [3.63, 3.8) is 0 Å². The average molecular weight is 306 g/mol. The molecule has 22 heavy (non-hydrogen) atoms. The van der Waals surface area contributed by atoms with Crippen LogP contribution in [0.25, 0.3) is 0 Å². The lowest BCUT2D eigenvalue weighted by molar-refractivity contribution is -0.137. The summed E-state index contributed by atoms with van der Waals surface area (Å²) in [5, 5.41) is 11.2. The van der Waals surface area contributed by atoms with Crippen LogP contribution in [0.4, 0.5) is 4.79 Å². The number of aliphatic carboxylic acids is 1. The molecule has 0 bridgehead atoms. The summed E-state index contributed by atoms with van der Waals surface area (Å²) in [6, 6.07) is 5.78. The molecule has 0 aromatic heterocycles. The molecule has 3 amide bonds. The van der Waals surface area contributed by atoms with Crippen LogP contribution in [-0.4, -0.2) is 41.6 Å². The van der Waals surface area contributed by atoms with Crippen LogP contribution >= 0.6 is 0 Å². The van der Waals surface area contributed by atoms with Crippen LogP contribution in [0.1, 0.15) is 30.9 Å². The van der Waals surface area contributed by atoms with E-state index in [0.29, 0.717) is 24.2 Å². The Balaban J connectivity index is 1.96. The van der Waals surface area contributed by atoms with Gasteiger partial charge in [0.1, 0.15) is 11.8 Å². The average Bonchev–Trinajstić information content (AvgIpc) is 2.79. The molecule has 1 aromatic carbocycles. The molecule has 0 aliphatic carbocycles. The van der Waals surface area contributed by atoms with Gasteiger partial charge in [0.2, 0.25) is 0 Å². The number of amides is 3. The van der Waals surface area contributed by atoms with Crippen LogP contribution in [0, 0.1) is 0 Å². The second-order valence-corrected chi connectivity index (χ2v) is 5.00. The van der Waals surface area contributed by atoms with Crippen molar-refractivity contribution in [1.29, 1.82) is 0 Å². The molecule has 1 aliphatic heterocycles. The molecule has 7 heteroatoms. The van der Waals surface area contributed by atoms with Crippen molar-refractivity contribution in [1.82, 2.24) is 10.2 Å². The standard InChI is InChI=1S/C15H18N2O5/c1-22-11-7-5-10(6-8-11)13-14(20)17(15(21)16-13)9-3-2-4-12(18)19/h5-8,13H,2-4,9H2,1H3,(H,16,21)(H,18,19). The van der Waals surface area contributed by atoms with Crippen molar-refractivity contribution in [2.75, 3.05) is 13.7 Å². The predicted molar refractivity (Wildman–Crippen MR) is 77.5 cm³/mol. The fourth-order valence-electron chi connectivity index (χ4n) is 2.30. The molecule has 1 aromatic rings. The molecule has 2 rings (SSSR count). The molecule has 1 heterocycles. The van der Waals surface area contributed by atoms with Crippen molar-refractivity contribution in [3.8, 4) is 5.75 Å². The number of benzene rings is 1. The summed E-state index contributed by atoms with van der Waals surface area (Å²) in [4.78, 5) is 35.7. The molecular weight excluding hydrogens is 288 g/mol. The number of carboxylic acid groups (broad SMARTS) is 1. The van der Waals surface area contributed by atoms with Gasteiger partial charge in [-0.1, -0.05) is 12.1 Å². The fraction of sp³-hybridized carbons (Fsp3) is 0.400. The summed E-state index contributed by atoms with van der Waals surface area (Å²) >= 11 is 0. The van der Waals surface area contributed by atoms with Gasteiger partial charge in [-0.3, -0.25) is 14.5 Å². The number of hydrogen-bond donors (Lipinski definition) is 2. The van der Waals surface area contributed by atoms with E-state index in [1.165, 1.54) is 0 Å². The van der Waals surface area contributed by atoms with Gasteiger partial charge in [0.05, 0.1) is 7.11 Å². The number of hydrogen-bond acceptors (Lipinski definition) is 4. The van der Waals surface area contributed by atoms with E-state index >= 15 is 0 Å². The molecule has 1 fully saturated rings. The molecule has 0 spiro atoms. The van der Waals surface area contributed by atoms with Gasteiger partial charge in [-0.2, -0.15) is 0 Å². The summed E-state index contributed by atoms with van der Waals surface area (Å²) in [6.45, 7) is 0.227. The summed E-state index contributed by atoms with van der Waals surface area (Å²) in [7, 11) is 1.55. The number of methoxy groups -OCH3 is 1. The number of unbranched alkanes of at least 4 members (excludes halogenated alkanes) is 1.